The zero-order valence-corrected chi connectivity index (χ0v) is 24.4. The highest BCUT2D eigenvalue weighted by molar-refractivity contribution is 9.11. The standard InChI is InChI=1S/C30H20Br2ClN3O3/c1-17-9-11-18(12-10-17)30(38)39-25-14-13-20(31)15-19(25)16-34-36-29(37)28-26(21-5-2-3-8-24(21)33)22-6-4-7-23(32)27(22)35-28/h2-16,35H,1H3,(H,36,37). The van der Waals surface area contributed by atoms with Crippen LogP contribution in [0.15, 0.2) is 99.0 Å². The number of rotatable bonds is 6. The maximum absolute atomic E-state index is 13.4. The molecule has 0 aliphatic rings. The summed E-state index contributed by atoms with van der Waals surface area (Å²) in [6.07, 6.45) is 1.42. The van der Waals surface area contributed by atoms with Crippen LogP contribution >= 0.6 is 43.5 Å². The maximum Gasteiger partial charge on any atom is 0.343 e. The van der Waals surface area contributed by atoms with Crippen LogP contribution in [0.2, 0.25) is 5.02 Å². The number of H-pyrrole nitrogens is 1. The SMILES string of the molecule is Cc1ccc(C(=O)Oc2ccc(Br)cc2C=NNC(=O)c2[nH]c3c(Br)cccc3c2-c2ccccc2Cl)cc1. The number of esters is 1. The predicted octanol–water partition coefficient (Wildman–Crippen LogP) is 8.30. The molecule has 0 bridgehead atoms. The molecule has 5 rings (SSSR count). The first-order valence-corrected chi connectivity index (χ1v) is 13.7. The number of nitrogens with one attached hydrogen (secondary N) is 2. The summed E-state index contributed by atoms with van der Waals surface area (Å²) in [6.45, 7) is 1.94. The second-order valence-corrected chi connectivity index (χ2v) is 10.8. The molecule has 0 atom stereocenters. The number of ether oxygens (including phenoxy) is 1. The molecule has 0 aliphatic heterocycles. The number of fused-ring (bicyclic) bond motifs is 1. The molecule has 1 aromatic heterocycles. The fraction of sp³-hybridized carbons (Fsp3) is 0.0333. The number of benzene rings is 4. The van der Waals surface area contributed by atoms with Crippen LogP contribution in [-0.2, 0) is 0 Å². The van der Waals surface area contributed by atoms with Crippen molar-refractivity contribution in [1.82, 2.24) is 10.4 Å². The van der Waals surface area contributed by atoms with E-state index < -0.39 is 11.9 Å². The Kier molecular flexibility index (Phi) is 7.97. The molecule has 0 unspecified atom stereocenters. The summed E-state index contributed by atoms with van der Waals surface area (Å²) in [6, 6.07) is 25.3. The quantitative estimate of drug-likeness (QED) is 0.0829. The van der Waals surface area contributed by atoms with Crippen molar-refractivity contribution in [2.75, 3.05) is 0 Å². The van der Waals surface area contributed by atoms with E-state index in [0.717, 1.165) is 31.0 Å². The van der Waals surface area contributed by atoms with Crippen LogP contribution in [0.3, 0.4) is 0 Å². The number of carbonyl (C=O) groups excluding carboxylic acids is 2. The summed E-state index contributed by atoms with van der Waals surface area (Å²) in [7, 11) is 0. The van der Waals surface area contributed by atoms with E-state index in [1.54, 1.807) is 36.4 Å². The zero-order chi connectivity index (χ0) is 27.5. The summed E-state index contributed by atoms with van der Waals surface area (Å²) in [5.41, 5.74) is 7.00. The van der Waals surface area contributed by atoms with Crippen LogP contribution in [-0.4, -0.2) is 23.1 Å². The van der Waals surface area contributed by atoms with Crippen molar-refractivity contribution in [1.29, 1.82) is 0 Å². The van der Waals surface area contributed by atoms with Crippen molar-refractivity contribution in [2.24, 2.45) is 5.10 Å². The number of aryl methyl sites for hydroxylation is 1. The summed E-state index contributed by atoms with van der Waals surface area (Å²) >= 11 is 13.5. The van der Waals surface area contributed by atoms with Gasteiger partial charge in [-0.05, 0) is 65.3 Å². The molecule has 0 saturated carbocycles. The molecule has 4 aromatic carbocycles. The Morgan fingerprint density at radius 2 is 1.74 bits per heavy atom. The van der Waals surface area contributed by atoms with E-state index in [4.69, 9.17) is 16.3 Å². The van der Waals surface area contributed by atoms with E-state index in [9.17, 15) is 9.59 Å². The van der Waals surface area contributed by atoms with Crippen molar-refractivity contribution < 1.29 is 14.3 Å². The summed E-state index contributed by atoms with van der Waals surface area (Å²) in [4.78, 5) is 29.2. The minimum Gasteiger partial charge on any atom is -0.422 e. The average molecular weight is 666 g/mol. The average Bonchev–Trinajstić information content (AvgIpc) is 3.31. The minimum absolute atomic E-state index is 0.299. The molecule has 5 aromatic rings. The Bertz CT molecular complexity index is 1750. The highest BCUT2D eigenvalue weighted by atomic mass is 79.9. The third-order valence-electron chi connectivity index (χ3n) is 5.98. The van der Waals surface area contributed by atoms with Crippen molar-refractivity contribution in [3.63, 3.8) is 0 Å². The lowest BCUT2D eigenvalue weighted by atomic mass is 10.0. The highest BCUT2D eigenvalue weighted by Gasteiger charge is 2.21. The molecule has 9 heteroatoms. The molecular weight excluding hydrogens is 646 g/mol. The van der Waals surface area contributed by atoms with Gasteiger partial charge in [0.15, 0.2) is 0 Å². The van der Waals surface area contributed by atoms with Crippen LogP contribution in [0, 0.1) is 6.92 Å². The molecule has 1 amide bonds. The Morgan fingerprint density at radius 1 is 0.974 bits per heavy atom. The number of aromatic nitrogens is 1. The molecule has 0 spiro atoms. The Morgan fingerprint density at radius 3 is 2.51 bits per heavy atom. The van der Waals surface area contributed by atoms with Gasteiger partial charge in [0.1, 0.15) is 11.4 Å². The van der Waals surface area contributed by atoms with Gasteiger partial charge in [0.25, 0.3) is 5.91 Å². The lowest BCUT2D eigenvalue weighted by molar-refractivity contribution is 0.0734. The third kappa shape index (κ3) is 5.83. The molecule has 0 saturated heterocycles. The first-order chi connectivity index (χ1) is 18.8. The van der Waals surface area contributed by atoms with E-state index in [1.807, 2.05) is 55.5 Å². The number of aromatic amines is 1. The monoisotopic (exact) mass is 663 g/mol. The van der Waals surface area contributed by atoms with Gasteiger partial charge in [0, 0.05) is 36.0 Å². The number of carbonyl (C=O) groups is 2. The van der Waals surface area contributed by atoms with Crippen LogP contribution in [0.1, 0.15) is 32.0 Å². The lowest BCUT2D eigenvalue weighted by Crippen LogP contribution is -2.19. The molecule has 0 aliphatic carbocycles. The van der Waals surface area contributed by atoms with Gasteiger partial charge in [-0.25, -0.2) is 10.2 Å². The van der Waals surface area contributed by atoms with E-state index in [0.29, 0.717) is 33.2 Å². The van der Waals surface area contributed by atoms with Crippen molar-refractivity contribution in [3.05, 3.63) is 121 Å². The van der Waals surface area contributed by atoms with Crippen LogP contribution in [0.5, 0.6) is 5.75 Å². The lowest BCUT2D eigenvalue weighted by Gasteiger charge is -2.09. The van der Waals surface area contributed by atoms with Crippen LogP contribution in [0.25, 0.3) is 22.0 Å². The molecule has 2 N–H and O–H groups in total. The zero-order valence-electron chi connectivity index (χ0n) is 20.5. The van der Waals surface area contributed by atoms with Crippen LogP contribution < -0.4 is 10.2 Å². The Hall–Kier alpha value is -3.72. The van der Waals surface area contributed by atoms with E-state index >= 15 is 0 Å². The number of amides is 1. The normalized spacial score (nSPS) is 11.2. The Labute approximate surface area is 246 Å². The fourth-order valence-electron chi connectivity index (χ4n) is 4.07. The van der Waals surface area contributed by atoms with Gasteiger partial charge >= 0.3 is 5.97 Å². The van der Waals surface area contributed by atoms with Crippen molar-refractivity contribution in [3.8, 4) is 16.9 Å². The molecule has 0 fully saturated rings. The van der Waals surface area contributed by atoms with Gasteiger partial charge in [0.05, 0.1) is 17.3 Å². The first kappa shape index (κ1) is 26.9. The highest BCUT2D eigenvalue weighted by Crippen LogP contribution is 2.38. The summed E-state index contributed by atoms with van der Waals surface area (Å²) in [5, 5.41) is 5.52. The summed E-state index contributed by atoms with van der Waals surface area (Å²) in [5.74, 6) is -0.658. The largest absolute Gasteiger partial charge is 0.422 e. The fourth-order valence-corrected chi connectivity index (χ4v) is 5.15. The second kappa shape index (κ2) is 11.6. The van der Waals surface area contributed by atoms with E-state index in [-0.39, 0.29) is 0 Å². The second-order valence-electron chi connectivity index (χ2n) is 8.65. The third-order valence-corrected chi connectivity index (χ3v) is 7.47. The van der Waals surface area contributed by atoms with Gasteiger partial charge in [-0.3, -0.25) is 4.79 Å². The number of hydrogen-bond donors (Lipinski definition) is 2. The number of halogens is 3. The molecule has 39 heavy (non-hydrogen) atoms. The predicted molar refractivity (Wildman–Crippen MR) is 162 cm³/mol. The van der Waals surface area contributed by atoms with Gasteiger partial charge in [-0.1, -0.05) is 75.6 Å². The van der Waals surface area contributed by atoms with Crippen molar-refractivity contribution in [2.45, 2.75) is 6.92 Å². The molecule has 1 heterocycles. The van der Waals surface area contributed by atoms with E-state index in [2.05, 4.69) is 47.4 Å². The maximum atomic E-state index is 13.4. The number of para-hydroxylation sites is 1. The van der Waals surface area contributed by atoms with Crippen LogP contribution in [0.4, 0.5) is 0 Å². The topological polar surface area (TPSA) is 83.5 Å². The molecule has 0 radical (unpaired) electrons. The van der Waals surface area contributed by atoms with Crippen molar-refractivity contribution >= 4 is 72.5 Å². The first-order valence-electron chi connectivity index (χ1n) is 11.8. The van der Waals surface area contributed by atoms with Gasteiger partial charge in [-0.15, -0.1) is 0 Å². The van der Waals surface area contributed by atoms with Gasteiger partial charge in [0.2, 0.25) is 0 Å². The summed E-state index contributed by atoms with van der Waals surface area (Å²) < 4.78 is 7.19. The number of nitrogens with zero attached hydrogens (tertiary/aromatic N) is 1. The number of hydrogen-bond acceptors (Lipinski definition) is 4. The number of hydrazone groups is 1. The molecule has 6 nitrogen and oxygen atoms in total. The minimum atomic E-state index is -0.496. The van der Waals surface area contributed by atoms with Gasteiger partial charge < -0.3 is 9.72 Å². The van der Waals surface area contributed by atoms with E-state index in [1.165, 1.54) is 6.21 Å². The van der Waals surface area contributed by atoms with Gasteiger partial charge in [-0.2, -0.15) is 5.10 Å². The molecular formula is C30H20Br2ClN3O3. The smallest absolute Gasteiger partial charge is 0.343 e. The Balaban J connectivity index is 1.43. The molecule has 194 valence electrons.